The molecule has 2 rings (SSSR count). The van der Waals surface area contributed by atoms with Crippen molar-refractivity contribution in [2.24, 2.45) is 0 Å². The summed E-state index contributed by atoms with van der Waals surface area (Å²) in [4.78, 5) is 14.3. The van der Waals surface area contributed by atoms with Gasteiger partial charge < -0.3 is 5.11 Å². The number of aromatic carboxylic acids is 1. The highest BCUT2D eigenvalue weighted by Gasteiger charge is 2.08. The Labute approximate surface area is 95.4 Å². The summed E-state index contributed by atoms with van der Waals surface area (Å²) in [6.45, 7) is 0. The fourth-order valence-corrected chi connectivity index (χ4v) is 1.45. The number of nitrogens with zero attached hydrogens (tertiary/aromatic N) is 1. The Morgan fingerprint density at radius 3 is 2.29 bits per heavy atom. The molecule has 0 amide bonds. The minimum absolute atomic E-state index is 0.174. The van der Waals surface area contributed by atoms with E-state index in [4.69, 9.17) is 5.11 Å². The molecule has 1 aromatic carbocycles. The summed E-state index contributed by atoms with van der Waals surface area (Å²) in [5, 5.41) is 8.75. The maximum Gasteiger partial charge on any atom is 0.354 e. The molecule has 0 aliphatic carbocycles. The van der Waals surface area contributed by atoms with Crippen molar-refractivity contribution < 1.29 is 18.7 Å². The third-order valence-electron chi connectivity index (χ3n) is 2.17. The number of benzene rings is 1. The zero-order valence-electron chi connectivity index (χ0n) is 8.52. The molecule has 3 nitrogen and oxygen atoms in total. The maximum atomic E-state index is 13.0. The number of halogens is 2. The zero-order valence-corrected chi connectivity index (χ0v) is 8.52. The molecule has 17 heavy (non-hydrogen) atoms. The van der Waals surface area contributed by atoms with Gasteiger partial charge in [0.05, 0.1) is 0 Å². The van der Waals surface area contributed by atoms with Gasteiger partial charge in [0.25, 0.3) is 0 Å². The first-order valence-corrected chi connectivity index (χ1v) is 4.72. The lowest BCUT2D eigenvalue weighted by Crippen LogP contribution is -1.99. The molecule has 0 saturated heterocycles. The molecule has 0 radical (unpaired) electrons. The van der Waals surface area contributed by atoms with Gasteiger partial charge in [-0.05, 0) is 35.4 Å². The van der Waals surface area contributed by atoms with Gasteiger partial charge >= 0.3 is 5.97 Å². The molecular formula is C12H7F2NO2. The van der Waals surface area contributed by atoms with Crippen molar-refractivity contribution in [3.63, 3.8) is 0 Å². The zero-order chi connectivity index (χ0) is 12.4. The molecule has 0 aliphatic rings. The Morgan fingerprint density at radius 1 is 1.06 bits per heavy atom. The van der Waals surface area contributed by atoms with Crippen molar-refractivity contribution >= 4 is 5.97 Å². The second-order valence-corrected chi connectivity index (χ2v) is 3.39. The minimum atomic E-state index is -1.19. The van der Waals surface area contributed by atoms with E-state index >= 15 is 0 Å². The number of hydrogen-bond acceptors (Lipinski definition) is 2. The first-order chi connectivity index (χ1) is 8.06. The Balaban J connectivity index is 2.52. The van der Waals surface area contributed by atoms with Crippen LogP contribution in [-0.2, 0) is 0 Å². The van der Waals surface area contributed by atoms with Crippen LogP contribution in [0.2, 0.25) is 0 Å². The number of pyridine rings is 1. The molecule has 1 aromatic heterocycles. The number of carbonyl (C=O) groups is 1. The van der Waals surface area contributed by atoms with Crippen molar-refractivity contribution in [1.29, 1.82) is 0 Å². The largest absolute Gasteiger partial charge is 0.477 e. The first kappa shape index (κ1) is 11.2. The molecule has 0 atom stereocenters. The quantitative estimate of drug-likeness (QED) is 0.870. The normalized spacial score (nSPS) is 10.2. The molecule has 1 heterocycles. The van der Waals surface area contributed by atoms with Crippen LogP contribution in [0.15, 0.2) is 36.5 Å². The fourth-order valence-electron chi connectivity index (χ4n) is 1.45. The Morgan fingerprint density at radius 2 is 1.71 bits per heavy atom. The minimum Gasteiger partial charge on any atom is -0.477 e. The second-order valence-electron chi connectivity index (χ2n) is 3.39. The smallest absolute Gasteiger partial charge is 0.354 e. The van der Waals surface area contributed by atoms with Crippen LogP contribution in [0.1, 0.15) is 10.5 Å². The third-order valence-corrected chi connectivity index (χ3v) is 2.17. The Hall–Kier alpha value is -2.30. The molecule has 0 bridgehead atoms. The lowest BCUT2D eigenvalue weighted by Gasteiger charge is -2.03. The molecule has 0 unspecified atom stereocenters. The molecule has 0 spiro atoms. The third kappa shape index (κ3) is 2.44. The molecule has 2 aromatic rings. The first-order valence-electron chi connectivity index (χ1n) is 4.72. The van der Waals surface area contributed by atoms with Crippen molar-refractivity contribution in [1.82, 2.24) is 4.98 Å². The molecule has 86 valence electrons. The van der Waals surface area contributed by atoms with Crippen molar-refractivity contribution in [2.75, 3.05) is 0 Å². The monoisotopic (exact) mass is 235 g/mol. The summed E-state index contributed by atoms with van der Waals surface area (Å²) in [5.74, 6) is -2.62. The van der Waals surface area contributed by atoms with Crippen LogP contribution in [0.25, 0.3) is 11.1 Å². The number of hydrogen-bond donors (Lipinski definition) is 1. The van der Waals surface area contributed by atoms with Crippen LogP contribution >= 0.6 is 0 Å². The van der Waals surface area contributed by atoms with E-state index < -0.39 is 17.6 Å². The van der Waals surface area contributed by atoms with Gasteiger partial charge in [0, 0.05) is 12.3 Å². The maximum absolute atomic E-state index is 13.0. The van der Waals surface area contributed by atoms with E-state index in [-0.39, 0.29) is 11.3 Å². The molecular weight excluding hydrogens is 228 g/mol. The topological polar surface area (TPSA) is 50.2 Å². The van der Waals surface area contributed by atoms with E-state index in [9.17, 15) is 13.6 Å². The van der Waals surface area contributed by atoms with Crippen molar-refractivity contribution in [3.05, 3.63) is 53.9 Å². The molecule has 5 heteroatoms. The predicted molar refractivity (Wildman–Crippen MR) is 56.5 cm³/mol. The second kappa shape index (κ2) is 4.29. The van der Waals surface area contributed by atoms with E-state index in [1.165, 1.54) is 18.3 Å². The van der Waals surface area contributed by atoms with E-state index in [2.05, 4.69) is 4.98 Å². The molecule has 0 saturated carbocycles. The van der Waals surface area contributed by atoms with Gasteiger partial charge in [-0.1, -0.05) is 0 Å². The number of carboxylic acid groups (broad SMARTS) is 1. The highest BCUT2D eigenvalue weighted by atomic mass is 19.1. The van der Waals surface area contributed by atoms with E-state index in [0.717, 1.165) is 18.2 Å². The molecule has 0 fully saturated rings. The van der Waals surface area contributed by atoms with Crippen molar-refractivity contribution in [2.45, 2.75) is 0 Å². The van der Waals surface area contributed by atoms with Crippen molar-refractivity contribution in [3.8, 4) is 11.1 Å². The lowest BCUT2D eigenvalue weighted by atomic mass is 10.1. The van der Waals surface area contributed by atoms with Gasteiger partial charge in [-0.2, -0.15) is 0 Å². The number of carboxylic acids is 1. The highest BCUT2D eigenvalue weighted by Crippen LogP contribution is 2.21. The molecule has 1 N–H and O–H groups in total. The van der Waals surface area contributed by atoms with Crippen LogP contribution in [0.3, 0.4) is 0 Å². The number of aromatic nitrogens is 1. The molecule has 0 aliphatic heterocycles. The summed E-state index contributed by atoms with van der Waals surface area (Å²) < 4.78 is 26.0. The van der Waals surface area contributed by atoms with Gasteiger partial charge in [-0.3, -0.25) is 0 Å². The highest BCUT2D eigenvalue weighted by molar-refractivity contribution is 5.87. The Kier molecular flexibility index (Phi) is 2.82. The van der Waals surface area contributed by atoms with Gasteiger partial charge in [0.1, 0.15) is 17.3 Å². The predicted octanol–water partition coefficient (Wildman–Crippen LogP) is 2.73. The average Bonchev–Trinajstić information content (AvgIpc) is 2.28. The van der Waals surface area contributed by atoms with Crippen LogP contribution < -0.4 is 0 Å². The van der Waals surface area contributed by atoms with Crippen LogP contribution in [0.4, 0.5) is 8.78 Å². The standard InChI is InChI=1S/C12H7F2NO2/c13-9-3-8(4-10(14)6-9)7-1-2-15-11(5-7)12(16)17/h1-6H,(H,16,17). The Bertz CT molecular complexity index is 564. The van der Waals surface area contributed by atoms with Gasteiger partial charge in [0.2, 0.25) is 0 Å². The lowest BCUT2D eigenvalue weighted by molar-refractivity contribution is 0.0690. The van der Waals surface area contributed by atoms with Crippen LogP contribution in [0, 0.1) is 11.6 Å². The van der Waals surface area contributed by atoms with E-state index in [1.807, 2.05) is 0 Å². The fraction of sp³-hybridized carbons (Fsp3) is 0. The van der Waals surface area contributed by atoms with Gasteiger partial charge in [-0.25, -0.2) is 18.6 Å². The van der Waals surface area contributed by atoms with Crippen LogP contribution in [-0.4, -0.2) is 16.1 Å². The summed E-state index contributed by atoms with van der Waals surface area (Å²) in [6, 6.07) is 5.76. The average molecular weight is 235 g/mol. The number of rotatable bonds is 2. The van der Waals surface area contributed by atoms with E-state index in [0.29, 0.717) is 5.56 Å². The van der Waals surface area contributed by atoms with Gasteiger partial charge in [-0.15, -0.1) is 0 Å². The van der Waals surface area contributed by atoms with Gasteiger partial charge in [0.15, 0.2) is 0 Å². The summed E-state index contributed by atoms with van der Waals surface area (Å²) in [6.07, 6.45) is 1.28. The van der Waals surface area contributed by atoms with E-state index in [1.54, 1.807) is 0 Å². The summed E-state index contributed by atoms with van der Waals surface area (Å²) in [5.41, 5.74) is 0.496. The summed E-state index contributed by atoms with van der Waals surface area (Å²) in [7, 11) is 0. The van der Waals surface area contributed by atoms with Crippen LogP contribution in [0.5, 0.6) is 0 Å². The summed E-state index contributed by atoms with van der Waals surface area (Å²) >= 11 is 0. The SMILES string of the molecule is O=C(O)c1cc(-c2cc(F)cc(F)c2)ccn1.